The van der Waals surface area contributed by atoms with Crippen LogP contribution in [0, 0.1) is 6.92 Å². The number of likely N-dealkylation sites (N-methyl/N-ethyl adjacent to an activating group) is 1. The monoisotopic (exact) mass is 237 g/mol. The third-order valence-corrected chi connectivity index (χ3v) is 3.39. The lowest BCUT2D eigenvalue weighted by Gasteiger charge is -2.44. The van der Waals surface area contributed by atoms with Gasteiger partial charge in [0.25, 0.3) is 5.91 Å². The molecule has 0 saturated carbocycles. The zero-order valence-corrected chi connectivity index (χ0v) is 10.8. The van der Waals surface area contributed by atoms with Crippen molar-refractivity contribution in [1.29, 1.82) is 0 Å². The normalized spacial score (nSPS) is 20.6. The number of rotatable bonds is 1. The number of carbonyl (C=O) groups excluding carboxylic acids is 1. The molecular formula is C11H19N5O. The number of piperazine rings is 1. The number of carbonyl (C=O) groups is 1. The minimum absolute atomic E-state index is 0.000732. The molecule has 0 aromatic carbocycles. The van der Waals surface area contributed by atoms with Gasteiger partial charge in [-0.15, -0.1) is 5.10 Å². The Kier molecular flexibility index (Phi) is 2.91. The summed E-state index contributed by atoms with van der Waals surface area (Å²) in [5.74, 6) is 0.847. The van der Waals surface area contributed by atoms with Crippen LogP contribution in [0.2, 0.25) is 0 Å². The van der Waals surface area contributed by atoms with Crippen molar-refractivity contribution < 1.29 is 4.79 Å². The summed E-state index contributed by atoms with van der Waals surface area (Å²) in [5, 5.41) is 6.62. The van der Waals surface area contributed by atoms with E-state index in [0.717, 1.165) is 13.1 Å². The van der Waals surface area contributed by atoms with Crippen molar-refractivity contribution in [2.45, 2.75) is 26.3 Å². The van der Waals surface area contributed by atoms with Crippen molar-refractivity contribution >= 4 is 5.91 Å². The van der Waals surface area contributed by atoms with E-state index < -0.39 is 0 Å². The summed E-state index contributed by atoms with van der Waals surface area (Å²) < 4.78 is 0. The van der Waals surface area contributed by atoms with Crippen LogP contribution in [-0.2, 0) is 0 Å². The molecule has 2 heterocycles. The van der Waals surface area contributed by atoms with Gasteiger partial charge in [-0.2, -0.15) is 0 Å². The molecule has 1 aliphatic rings. The van der Waals surface area contributed by atoms with E-state index in [9.17, 15) is 4.79 Å². The van der Waals surface area contributed by atoms with Crippen molar-refractivity contribution in [2.75, 3.05) is 26.7 Å². The van der Waals surface area contributed by atoms with Gasteiger partial charge >= 0.3 is 0 Å². The van der Waals surface area contributed by atoms with Crippen LogP contribution in [0.3, 0.4) is 0 Å². The number of nitrogens with zero attached hydrogens (tertiary/aromatic N) is 4. The molecule has 0 spiro atoms. The number of H-pyrrole nitrogens is 1. The van der Waals surface area contributed by atoms with Gasteiger partial charge in [0, 0.05) is 25.2 Å². The Hall–Kier alpha value is -1.43. The van der Waals surface area contributed by atoms with Crippen LogP contribution in [0.25, 0.3) is 0 Å². The standard InChI is InChI=1S/C11H19N5O/c1-8-12-9(14-13-8)10(17)16-6-5-15(4)11(2,3)7-16/h5-7H2,1-4H3,(H,12,13,14). The van der Waals surface area contributed by atoms with E-state index in [1.807, 2.05) is 4.90 Å². The van der Waals surface area contributed by atoms with E-state index >= 15 is 0 Å². The Morgan fingerprint density at radius 3 is 2.65 bits per heavy atom. The van der Waals surface area contributed by atoms with Crippen molar-refractivity contribution in [3.63, 3.8) is 0 Å². The fourth-order valence-electron chi connectivity index (χ4n) is 1.99. The maximum absolute atomic E-state index is 12.2. The number of aromatic nitrogens is 3. The second-order valence-electron chi connectivity index (χ2n) is 5.21. The first-order valence-electron chi connectivity index (χ1n) is 5.80. The molecule has 2 rings (SSSR count). The molecule has 0 radical (unpaired) electrons. The largest absolute Gasteiger partial charge is 0.333 e. The molecule has 94 valence electrons. The summed E-state index contributed by atoms with van der Waals surface area (Å²) in [6.45, 7) is 8.37. The lowest BCUT2D eigenvalue weighted by Crippen LogP contribution is -2.59. The molecule has 1 amide bonds. The predicted molar refractivity (Wildman–Crippen MR) is 63.7 cm³/mol. The molecule has 1 aromatic heterocycles. The molecule has 0 atom stereocenters. The number of aromatic amines is 1. The van der Waals surface area contributed by atoms with Gasteiger partial charge in [0.05, 0.1) is 0 Å². The van der Waals surface area contributed by atoms with E-state index in [1.165, 1.54) is 0 Å². The SMILES string of the molecule is Cc1nc(C(=O)N2CCN(C)C(C)(C)C2)n[nH]1. The molecule has 1 N–H and O–H groups in total. The van der Waals surface area contributed by atoms with Gasteiger partial charge in [-0.05, 0) is 27.8 Å². The van der Waals surface area contributed by atoms with Gasteiger partial charge in [0.2, 0.25) is 5.82 Å². The first kappa shape index (κ1) is 12.0. The molecule has 0 aliphatic carbocycles. The molecule has 1 aromatic rings. The smallest absolute Gasteiger partial charge is 0.293 e. The summed E-state index contributed by atoms with van der Waals surface area (Å²) in [7, 11) is 2.08. The maximum atomic E-state index is 12.2. The molecule has 0 bridgehead atoms. The zero-order valence-electron chi connectivity index (χ0n) is 10.8. The molecule has 6 heteroatoms. The lowest BCUT2D eigenvalue weighted by atomic mass is 10.00. The summed E-state index contributed by atoms with van der Waals surface area (Å²) in [4.78, 5) is 20.3. The highest BCUT2D eigenvalue weighted by molar-refractivity contribution is 5.90. The van der Waals surface area contributed by atoms with Gasteiger partial charge < -0.3 is 4.90 Å². The second kappa shape index (κ2) is 4.10. The van der Waals surface area contributed by atoms with Crippen LogP contribution in [0.15, 0.2) is 0 Å². The van der Waals surface area contributed by atoms with Crippen LogP contribution in [0.1, 0.15) is 30.3 Å². The molecule has 6 nitrogen and oxygen atoms in total. The molecule has 1 saturated heterocycles. The molecule has 1 aliphatic heterocycles. The quantitative estimate of drug-likeness (QED) is 0.762. The minimum atomic E-state index is -0.0875. The summed E-state index contributed by atoms with van der Waals surface area (Å²) in [5.41, 5.74) is -0.000732. The molecular weight excluding hydrogens is 218 g/mol. The van der Waals surface area contributed by atoms with Gasteiger partial charge in [-0.1, -0.05) is 0 Å². The van der Waals surface area contributed by atoms with Crippen LogP contribution in [0.5, 0.6) is 0 Å². The van der Waals surface area contributed by atoms with Crippen molar-refractivity contribution in [3.05, 3.63) is 11.6 Å². The number of amides is 1. The number of hydrogen-bond acceptors (Lipinski definition) is 4. The van der Waals surface area contributed by atoms with Crippen molar-refractivity contribution in [3.8, 4) is 0 Å². The minimum Gasteiger partial charge on any atom is -0.333 e. The van der Waals surface area contributed by atoms with Gasteiger partial charge in [-0.25, -0.2) is 4.98 Å². The number of aryl methyl sites for hydroxylation is 1. The van der Waals surface area contributed by atoms with Gasteiger partial charge in [-0.3, -0.25) is 14.8 Å². The summed E-state index contributed by atoms with van der Waals surface area (Å²) >= 11 is 0. The Morgan fingerprint density at radius 1 is 1.41 bits per heavy atom. The van der Waals surface area contributed by atoms with Crippen LogP contribution in [0.4, 0.5) is 0 Å². The Morgan fingerprint density at radius 2 is 2.12 bits per heavy atom. The fraction of sp³-hybridized carbons (Fsp3) is 0.727. The van der Waals surface area contributed by atoms with Gasteiger partial charge in [0.1, 0.15) is 5.82 Å². The maximum Gasteiger partial charge on any atom is 0.293 e. The van der Waals surface area contributed by atoms with Crippen LogP contribution in [-0.4, -0.2) is 63.1 Å². The summed E-state index contributed by atoms with van der Waals surface area (Å²) in [6, 6.07) is 0. The first-order valence-corrected chi connectivity index (χ1v) is 5.80. The van der Waals surface area contributed by atoms with E-state index in [4.69, 9.17) is 0 Å². The van der Waals surface area contributed by atoms with E-state index in [2.05, 4.69) is 41.0 Å². The molecule has 17 heavy (non-hydrogen) atoms. The third kappa shape index (κ3) is 2.31. The average Bonchev–Trinajstić information content (AvgIpc) is 2.68. The Balaban J connectivity index is 2.11. The van der Waals surface area contributed by atoms with Gasteiger partial charge in [0.15, 0.2) is 0 Å². The second-order valence-corrected chi connectivity index (χ2v) is 5.21. The average molecular weight is 237 g/mol. The van der Waals surface area contributed by atoms with Crippen LogP contribution >= 0.6 is 0 Å². The predicted octanol–water partition coefficient (Wildman–Crippen LogP) is 0.279. The molecule has 1 fully saturated rings. The topological polar surface area (TPSA) is 65.1 Å². The molecule has 0 unspecified atom stereocenters. The third-order valence-electron chi connectivity index (χ3n) is 3.39. The van der Waals surface area contributed by atoms with E-state index in [-0.39, 0.29) is 17.3 Å². The highest BCUT2D eigenvalue weighted by Crippen LogP contribution is 2.19. The number of nitrogens with one attached hydrogen (secondary N) is 1. The number of hydrogen-bond donors (Lipinski definition) is 1. The van der Waals surface area contributed by atoms with Crippen LogP contribution < -0.4 is 0 Å². The van der Waals surface area contributed by atoms with E-state index in [1.54, 1.807) is 6.92 Å². The fourth-order valence-corrected chi connectivity index (χ4v) is 1.99. The van der Waals surface area contributed by atoms with Crippen molar-refractivity contribution in [2.24, 2.45) is 0 Å². The first-order chi connectivity index (χ1) is 7.90. The zero-order chi connectivity index (χ0) is 12.6. The van der Waals surface area contributed by atoms with Crippen molar-refractivity contribution in [1.82, 2.24) is 25.0 Å². The highest BCUT2D eigenvalue weighted by atomic mass is 16.2. The van der Waals surface area contributed by atoms with E-state index in [0.29, 0.717) is 12.4 Å². The highest BCUT2D eigenvalue weighted by Gasteiger charge is 2.34. The summed E-state index contributed by atoms with van der Waals surface area (Å²) in [6.07, 6.45) is 0. The Labute approximate surface area is 101 Å². The Bertz CT molecular complexity index is 425. The lowest BCUT2D eigenvalue weighted by molar-refractivity contribution is 0.0303.